The first kappa shape index (κ1) is 16.5. The van der Waals surface area contributed by atoms with Crippen LogP contribution in [0.25, 0.3) is 0 Å². The summed E-state index contributed by atoms with van der Waals surface area (Å²) >= 11 is 0. The van der Waals surface area contributed by atoms with Crippen molar-refractivity contribution in [3.8, 4) is 0 Å². The van der Waals surface area contributed by atoms with Gasteiger partial charge in [0.05, 0.1) is 23.4 Å². The molecule has 7 heteroatoms. The molecule has 0 amide bonds. The Bertz CT molecular complexity index is 536. The van der Waals surface area contributed by atoms with Gasteiger partial charge >= 0.3 is 5.97 Å². The number of carboxylic acid groups (broad SMARTS) is 1. The van der Waals surface area contributed by atoms with Crippen molar-refractivity contribution in [2.45, 2.75) is 32.3 Å². The third-order valence-corrected chi connectivity index (χ3v) is 3.80. The van der Waals surface area contributed by atoms with Crippen LogP contribution in [-0.2, 0) is 4.74 Å². The van der Waals surface area contributed by atoms with Crippen LogP contribution in [0.5, 0.6) is 0 Å². The number of carboxylic acids is 1. The van der Waals surface area contributed by atoms with Gasteiger partial charge in [0, 0.05) is 25.3 Å². The normalized spacial score (nSPS) is 21.4. The smallest absolute Gasteiger partial charge is 0.337 e. The highest BCUT2D eigenvalue weighted by atomic mass is 16.6. The molecule has 122 valence electrons. The number of anilines is 2. The van der Waals surface area contributed by atoms with Gasteiger partial charge in [0.15, 0.2) is 6.29 Å². The first-order chi connectivity index (χ1) is 10.4. The van der Waals surface area contributed by atoms with E-state index in [1.165, 1.54) is 6.07 Å². The van der Waals surface area contributed by atoms with Crippen LogP contribution in [0.3, 0.4) is 0 Å². The third kappa shape index (κ3) is 3.68. The highest BCUT2D eigenvalue weighted by molar-refractivity contribution is 5.95. The van der Waals surface area contributed by atoms with Crippen LogP contribution in [-0.4, -0.2) is 54.3 Å². The fourth-order valence-electron chi connectivity index (χ4n) is 2.82. The van der Waals surface area contributed by atoms with E-state index in [4.69, 9.17) is 10.5 Å². The fourth-order valence-corrected chi connectivity index (χ4v) is 2.82. The molecule has 0 radical (unpaired) electrons. The Morgan fingerprint density at radius 2 is 2.23 bits per heavy atom. The second-order valence-electron chi connectivity index (χ2n) is 5.49. The quantitative estimate of drug-likeness (QED) is 0.463. The van der Waals surface area contributed by atoms with Crippen molar-refractivity contribution in [1.82, 2.24) is 5.32 Å². The summed E-state index contributed by atoms with van der Waals surface area (Å²) in [7, 11) is 0. The van der Waals surface area contributed by atoms with E-state index in [1.54, 1.807) is 19.1 Å². The van der Waals surface area contributed by atoms with E-state index >= 15 is 0 Å². The minimum Gasteiger partial charge on any atom is -0.478 e. The number of hydrogen-bond acceptors (Lipinski definition) is 6. The zero-order chi connectivity index (χ0) is 16.3. The second-order valence-corrected chi connectivity index (χ2v) is 5.49. The van der Waals surface area contributed by atoms with Gasteiger partial charge in [0.1, 0.15) is 0 Å². The zero-order valence-corrected chi connectivity index (χ0v) is 12.8. The SMILES string of the molecule is CC(O)OC(C)C1CNCCN1c1ccc(N)cc1C(=O)O. The maximum Gasteiger partial charge on any atom is 0.337 e. The molecule has 0 bridgehead atoms. The molecule has 3 atom stereocenters. The van der Waals surface area contributed by atoms with E-state index in [2.05, 4.69) is 5.32 Å². The molecule has 5 N–H and O–H groups in total. The van der Waals surface area contributed by atoms with Crippen molar-refractivity contribution in [2.24, 2.45) is 0 Å². The van der Waals surface area contributed by atoms with Gasteiger partial charge < -0.3 is 30.9 Å². The molecule has 1 aliphatic heterocycles. The van der Waals surface area contributed by atoms with Crippen molar-refractivity contribution in [3.63, 3.8) is 0 Å². The van der Waals surface area contributed by atoms with Crippen LogP contribution in [0.15, 0.2) is 18.2 Å². The maximum absolute atomic E-state index is 11.5. The lowest BCUT2D eigenvalue weighted by molar-refractivity contribution is -0.125. The summed E-state index contributed by atoms with van der Waals surface area (Å²) in [5.74, 6) is -1.01. The molecule has 0 aliphatic carbocycles. The number of piperazine rings is 1. The van der Waals surface area contributed by atoms with Gasteiger partial charge in [0.2, 0.25) is 0 Å². The van der Waals surface area contributed by atoms with Crippen LogP contribution < -0.4 is 16.0 Å². The Balaban J connectivity index is 2.33. The average molecular weight is 309 g/mol. The number of ether oxygens (including phenoxy) is 1. The summed E-state index contributed by atoms with van der Waals surface area (Å²) in [6.45, 7) is 5.49. The van der Waals surface area contributed by atoms with Crippen molar-refractivity contribution < 1.29 is 19.7 Å². The second kappa shape index (κ2) is 6.95. The topological polar surface area (TPSA) is 108 Å². The van der Waals surface area contributed by atoms with E-state index in [0.29, 0.717) is 24.5 Å². The van der Waals surface area contributed by atoms with Crippen LogP contribution in [0.2, 0.25) is 0 Å². The zero-order valence-electron chi connectivity index (χ0n) is 12.8. The van der Waals surface area contributed by atoms with Gasteiger partial charge in [-0.1, -0.05) is 0 Å². The lowest BCUT2D eigenvalue weighted by Crippen LogP contribution is -2.57. The van der Waals surface area contributed by atoms with Gasteiger partial charge in [-0.25, -0.2) is 4.79 Å². The standard InChI is InChI=1S/C15H23N3O4/c1-9(22-10(2)19)14-8-17-5-6-18(14)13-4-3-11(16)7-12(13)15(20)21/h3-4,7,9-10,14,17,19H,5-6,8,16H2,1-2H3,(H,20,21). The van der Waals surface area contributed by atoms with E-state index in [-0.39, 0.29) is 17.7 Å². The van der Waals surface area contributed by atoms with E-state index < -0.39 is 12.3 Å². The Kier molecular flexibility index (Phi) is 5.23. The number of carbonyl (C=O) groups is 1. The number of hydrogen-bond donors (Lipinski definition) is 4. The number of nitrogens with one attached hydrogen (secondary N) is 1. The third-order valence-electron chi connectivity index (χ3n) is 3.80. The molecule has 1 saturated heterocycles. The Morgan fingerprint density at radius 1 is 1.50 bits per heavy atom. The summed E-state index contributed by atoms with van der Waals surface area (Å²) in [6, 6.07) is 4.81. The number of nitrogen functional groups attached to an aromatic ring is 1. The molecule has 3 unspecified atom stereocenters. The van der Waals surface area contributed by atoms with Gasteiger partial charge in [-0.3, -0.25) is 0 Å². The monoisotopic (exact) mass is 309 g/mol. The Morgan fingerprint density at radius 3 is 2.86 bits per heavy atom. The van der Waals surface area contributed by atoms with E-state index in [1.807, 2.05) is 11.8 Å². The van der Waals surface area contributed by atoms with Crippen molar-refractivity contribution >= 4 is 17.3 Å². The molecule has 0 spiro atoms. The Labute approximate surface area is 129 Å². The summed E-state index contributed by atoms with van der Waals surface area (Å²) < 4.78 is 5.47. The van der Waals surface area contributed by atoms with Gasteiger partial charge in [-0.15, -0.1) is 0 Å². The minimum atomic E-state index is -1.01. The van der Waals surface area contributed by atoms with Gasteiger partial charge in [-0.2, -0.15) is 0 Å². The van der Waals surface area contributed by atoms with Gasteiger partial charge in [-0.05, 0) is 32.0 Å². The molecule has 22 heavy (non-hydrogen) atoms. The Hall–Kier alpha value is -1.83. The number of nitrogens with two attached hydrogens (primary N) is 1. The maximum atomic E-state index is 11.5. The van der Waals surface area contributed by atoms with Crippen molar-refractivity contribution in [3.05, 3.63) is 23.8 Å². The molecular formula is C15H23N3O4. The summed E-state index contributed by atoms with van der Waals surface area (Å²) in [6.07, 6.45) is -1.13. The van der Waals surface area contributed by atoms with E-state index in [9.17, 15) is 15.0 Å². The van der Waals surface area contributed by atoms with Crippen LogP contribution in [0.4, 0.5) is 11.4 Å². The number of aromatic carboxylic acids is 1. The number of aliphatic hydroxyl groups excluding tert-OH is 1. The molecule has 1 fully saturated rings. The molecule has 1 aromatic carbocycles. The predicted octanol–water partition coefficient (Wildman–Crippen LogP) is 0.489. The van der Waals surface area contributed by atoms with Crippen LogP contribution in [0.1, 0.15) is 24.2 Å². The fraction of sp³-hybridized carbons (Fsp3) is 0.533. The lowest BCUT2D eigenvalue weighted by atomic mass is 10.0. The molecule has 1 heterocycles. The molecule has 7 nitrogen and oxygen atoms in total. The molecular weight excluding hydrogens is 286 g/mol. The molecule has 0 saturated carbocycles. The lowest BCUT2D eigenvalue weighted by Gasteiger charge is -2.41. The number of nitrogens with zero attached hydrogens (tertiary/aromatic N) is 1. The first-order valence-electron chi connectivity index (χ1n) is 7.34. The number of aliphatic hydroxyl groups is 1. The molecule has 0 aromatic heterocycles. The highest BCUT2D eigenvalue weighted by Gasteiger charge is 2.31. The number of benzene rings is 1. The summed E-state index contributed by atoms with van der Waals surface area (Å²) in [5.41, 5.74) is 6.92. The largest absolute Gasteiger partial charge is 0.478 e. The van der Waals surface area contributed by atoms with E-state index in [0.717, 1.165) is 6.54 Å². The van der Waals surface area contributed by atoms with Crippen LogP contribution >= 0.6 is 0 Å². The highest BCUT2D eigenvalue weighted by Crippen LogP contribution is 2.27. The summed E-state index contributed by atoms with van der Waals surface area (Å²) in [4.78, 5) is 13.5. The van der Waals surface area contributed by atoms with Crippen LogP contribution in [0, 0.1) is 0 Å². The average Bonchev–Trinajstić information content (AvgIpc) is 2.46. The number of rotatable bonds is 5. The van der Waals surface area contributed by atoms with Crippen molar-refractivity contribution in [1.29, 1.82) is 0 Å². The molecule has 2 rings (SSSR count). The van der Waals surface area contributed by atoms with Crippen molar-refractivity contribution in [2.75, 3.05) is 30.3 Å². The predicted molar refractivity (Wildman–Crippen MR) is 84.0 cm³/mol. The minimum absolute atomic E-state index is 0.0786. The summed E-state index contributed by atoms with van der Waals surface area (Å²) in [5, 5.41) is 22.1. The first-order valence-corrected chi connectivity index (χ1v) is 7.34. The molecule has 1 aromatic rings. The van der Waals surface area contributed by atoms with Gasteiger partial charge in [0.25, 0.3) is 0 Å². The molecule has 1 aliphatic rings.